The molecule has 1 aliphatic heterocycles. The van der Waals surface area contributed by atoms with Gasteiger partial charge in [-0.15, -0.1) is 0 Å². The summed E-state index contributed by atoms with van der Waals surface area (Å²) in [6, 6.07) is 0.453. The van der Waals surface area contributed by atoms with Crippen LogP contribution in [0.2, 0.25) is 5.28 Å². The number of nitrogens with zero attached hydrogens (tertiary/aromatic N) is 2. The van der Waals surface area contributed by atoms with Crippen LogP contribution in [0.5, 0.6) is 0 Å². The summed E-state index contributed by atoms with van der Waals surface area (Å²) in [7, 11) is 0. The SMILES string of the molecule is Cc1nc(Cl)nc(NC2CCSCC2)c1N. The average molecular weight is 259 g/mol. The van der Waals surface area contributed by atoms with Crippen LogP contribution in [0.1, 0.15) is 18.5 Å². The molecule has 0 saturated carbocycles. The van der Waals surface area contributed by atoms with E-state index in [1.807, 2.05) is 18.7 Å². The zero-order chi connectivity index (χ0) is 11.5. The van der Waals surface area contributed by atoms with Crippen LogP contribution >= 0.6 is 23.4 Å². The maximum atomic E-state index is 5.92. The van der Waals surface area contributed by atoms with Crippen LogP contribution in [0.25, 0.3) is 0 Å². The number of hydrogen-bond acceptors (Lipinski definition) is 5. The molecule has 3 N–H and O–H groups in total. The van der Waals surface area contributed by atoms with Crippen molar-refractivity contribution in [2.24, 2.45) is 0 Å². The quantitative estimate of drug-likeness (QED) is 0.797. The van der Waals surface area contributed by atoms with Gasteiger partial charge in [-0.3, -0.25) is 0 Å². The Morgan fingerprint density at radius 3 is 2.75 bits per heavy atom. The summed E-state index contributed by atoms with van der Waals surface area (Å²) in [5.41, 5.74) is 7.25. The van der Waals surface area contributed by atoms with Crippen LogP contribution in [0.4, 0.5) is 11.5 Å². The van der Waals surface area contributed by atoms with Crippen molar-refractivity contribution in [3.05, 3.63) is 11.0 Å². The summed E-state index contributed by atoms with van der Waals surface area (Å²) in [5, 5.41) is 3.61. The van der Waals surface area contributed by atoms with Gasteiger partial charge in [0.05, 0.1) is 11.4 Å². The van der Waals surface area contributed by atoms with Gasteiger partial charge < -0.3 is 11.1 Å². The van der Waals surface area contributed by atoms with Crippen LogP contribution in [0, 0.1) is 6.92 Å². The summed E-state index contributed by atoms with van der Waals surface area (Å²) in [4.78, 5) is 8.15. The highest BCUT2D eigenvalue weighted by molar-refractivity contribution is 7.99. The van der Waals surface area contributed by atoms with Crippen LogP contribution < -0.4 is 11.1 Å². The highest BCUT2D eigenvalue weighted by Gasteiger charge is 2.16. The van der Waals surface area contributed by atoms with E-state index in [2.05, 4.69) is 15.3 Å². The highest BCUT2D eigenvalue weighted by Crippen LogP contribution is 2.25. The van der Waals surface area contributed by atoms with E-state index in [0.29, 0.717) is 17.5 Å². The molecule has 4 nitrogen and oxygen atoms in total. The van der Waals surface area contributed by atoms with Crippen molar-refractivity contribution in [1.82, 2.24) is 9.97 Å². The minimum absolute atomic E-state index is 0.249. The van der Waals surface area contributed by atoms with Crippen molar-refractivity contribution in [2.75, 3.05) is 22.6 Å². The van der Waals surface area contributed by atoms with E-state index in [-0.39, 0.29) is 5.28 Å². The lowest BCUT2D eigenvalue weighted by molar-refractivity contribution is 0.663. The van der Waals surface area contributed by atoms with Gasteiger partial charge in [0, 0.05) is 6.04 Å². The molecule has 1 saturated heterocycles. The molecule has 0 atom stereocenters. The van der Waals surface area contributed by atoms with Crippen molar-refractivity contribution < 1.29 is 0 Å². The minimum Gasteiger partial charge on any atom is -0.394 e. The monoisotopic (exact) mass is 258 g/mol. The number of anilines is 2. The van der Waals surface area contributed by atoms with Crippen molar-refractivity contribution in [3.63, 3.8) is 0 Å². The van der Waals surface area contributed by atoms with Gasteiger partial charge in [-0.25, -0.2) is 4.98 Å². The molecule has 1 aromatic rings. The smallest absolute Gasteiger partial charge is 0.224 e. The highest BCUT2D eigenvalue weighted by atomic mass is 35.5. The lowest BCUT2D eigenvalue weighted by Gasteiger charge is -2.23. The van der Waals surface area contributed by atoms with Crippen LogP contribution in [-0.4, -0.2) is 27.5 Å². The largest absolute Gasteiger partial charge is 0.394 e. The molecule has 0 bridgehead atoms. The number of aromatic nitrogens is 2. The van der Waals surface area contributed by atoms with Crippen molar-refractivity contribution in [1.29, 1.82) is 0 Å². The topological polar surface area (TPSA) is 63.8 Å². The first-order chi connectivity index (χ1) is 7.66. The third kappa shape index (κ3) is 2.71. The minimum atomic E-state index is 0.249. The second-order valence-electron chi connectivity index (χ2n) is 3.87. The van der Waals surface area contributed by atoms with Crippen LogP contribution in [-0.2, 0) is 0 Å². The van der Waals surface area contributed by atoms with Crippen LogP contribution in [0.3, 0.4) is 0 Å². The van der Waals surface area contributed by atoms with Gasteiger partial charge in [0.15, 0.2) is 5.82 Å². The Kier molecular flexibility index (Phi) is 3.76. The third-order valence-corrected chi connectivity index (χ3v) is 3.89. The summed E-state index contributed by atoms with van der Waals surface area (Å²) < 4.78 is 0. The van der Waals surface area contributed by atoms with Gasteiger partial charge in [-0.05, 0) is 42.9 Å². The standard InChI is InChI=1S/C10H15ClN4S/c1-6-8(12)9(15-10(11)13-6)14-7-2-4-16-5-3-7/h7H,2-5,12H2,1H3,(H,13,14,15). The van der Waals surface area contributed by atoms with Crippen LogP contribution in [0.15, 0.2) is 0 Å². The number of aryl methyl sites for hydroxylation is 1. The molecule has 0 radical (unpaired) electrons. The molecule has 0 aliphatic carbocycles. The van der Waals surface area contributed by atoms with E-state index in [1.165, 1.54) is 11.5 Å². The third-order valence-electron chi connectivity index (χ3n) is 2.67. The first-order valence-corrected chi connectivity index (χ1v) is 6.84. The molecule has 6 heteroatoms. The molecule has 16 heavy (non-hydrogen) atoms. The number of nitrogens with two attached hydrogens (primary N) is 1. The second-order valence-corrected chi connectivity index (χ2v) is 5.43. The molecule has 2 rings (SSSR count). The second kappa shape index (κ2) is 5.10. The number of rotatable bonds is 2. The Morgan fingerprint density at radius 2 is 2.06 bits per heavy atom. The molecular weight excluding hydrogens is 244 g/mol. The summed E-state index contributed by atoms with van der Waals surface area (Å²) in [5.74, 6) is 3.06. The zero-order valence-corrected chi connectivity index (χ0v) is 10.7. The zero-order valence-electron chi connectivity index (χ0n) is 9.16. The lowest BCUT2D eigenvalue weighted by Crippen LogP contribution is -2.25. The summed E-state index contributed by atoms with van der Waals surface area (Å²) >= 11 is 7.81. The Hall–Kier alpha value is -0.680. The van der Waals surface area contributed by atoms with E-state index in [0.717, 1.165) is 18.5 Å². The van der Waals surface area contributed by atoms with Crippen molar-refractivity contribution in [3.8, 4) is 0 Å². The van der Waals surface area contributed by atoms with E-state index in [9.17, 15) is 0 Å². The Balaban J connectivity index is 2.13. The fraction of sp³-hybridized carbons (Fsp3) is 0.600. The molecule has 1 fully saturated rings. The predicted octanol–water partition coefficient (Wildman–Crippen LogP) is 2.33. The van der Waals surface area contributed by atoms with Gasteiger partial charge >= 0.3 is 0 Å². The van der Waals surface area contributed by atoms with Gasteiger partial charge in [0.2, 0.25) is 5.28 Å². The Morgan fingerprint density at radius 1 is 1.38 bits per heavy atom. The predicted molar refractivity (Wildman–Crippen MR) is 70.2 cm³/mol. The Bertz CT molecular complexity index is 379. The molecule has 0 unspecified atom stereocenters. The lowest BCUT2D eigenvalue weighted by atomic mass is 10.1. The summed E-state index contributed by atoms with van der Waals surface area (Å²) in [6.07, 6.45) is 2.29. The fourth-order valence-corrected chi connectivity index (χ4v) is 3.01. The molecule has 0 aromatic carbocycles. The summed E-state index contributed by atoms with van der Waals surface area (Å²) in [6.45, 7) is 1.84. The molecule has 88 valence electrons. The van der Waals surface area contributed by atoms with Crippen molar-refractivity contribution in [2.45, 2.75) is 25.8 Å². The van der Waals surface area contributed by atoms with E-state index >= 15 is 0 Å². The van der Waals surface area contributed by atoms with Gasteiger partial charge in [-0.2, -0.15) is 16.7 Å². The van der Waals surface area contributed by atoms with E-state index in [1.54, 1.807) is 0 Å². The number of nitrogens with one attached hydrogen (secondary N) is 1. The molecular formula is C10H15ClN4S. The molecule has 0 amide bonds. The van der Waals surface area contributed by atoms with Crippen molar-refractivity contribution >= 4 is 34.9 Å². The number of nitrogen functional groups attached to an aromatic ring is 1. The number of thioether (sulfide) groups is 1. The molecule has 0 spiro atoms. The Labute approximate surface area is 104 Å². The molecule has 1 aromatic heterocycles. The normalized spacial score (nSPS) is 17.4. The fourth-order valence-electron chi connectivity index (χ4n) is 1.69. The van der Waals surface area contributed by atoms with Gasteiger partial charge in [0.1, 0.15) is 0 Å². The van der Waals surface area contributed by atoms with E-state index < -0.39 is 0 Å². The average Bonchev–Trinajstić information content (AvgIpc) is 2.27. The number of halogens is 1. The molecule has 1 aliphatic rings. The first-order valence-electron chi connectivity index (χ1n) is 5.30. The molecule has 2 heterocycles. The number of hydrogen-bond donors (Lipinski definition) is 2. The first kappa shape index (κ1) is 11.8. The van der Waals surface area contributed by atoms with Gasteiger partial charge in [-0.1, -0.05) is 0 Å². The maximum absolute atomic E-state index is 5.92. The van der Waals surface area contributed by atoms with E-state index in [4.69, 9.17) is 17.3 Å². The van der Waals surface area contributed by atoms with Gasteiger partial charge in [0.25, 0.3) is 0 Å². The maximum Gasteiger partial charge on any atom is 0.224 e.